The molecule has 29 heavy (non-hydrogen) atoms. The Balaban J connectivity index is -0.000000130. The normalized spacial score (nSPS) is 7.79. The number of carbonyl (C=O) groups excluding carboxylic acids is 3. The first-order chi connectivity index (χ1) is 13.4. The summed E-state index contributed by atoms with van der Waals surface area (Å²) in [7, 11) is 0. The smallest absolute Gasteiger partial charge is 0 e. The second kappa shape index (κ2) is 33.0. The minimum atomic E-state index is -1.65. The number of carbonyl (C=O) groups is 3. The Bertz CT molecular complexity index is 550. The van der Waals surface area contributed by atoms with Gasteiger partial charge < -0.3 is 14.3 Å². The van der Waals surface area contributed by atoms with Gasteiger partial charge in [0.25, 0.3) is 0 Å². The number of ether oxygens (including phenoxy) is 2. The van der Waals surface area contributed by atoms with E-state index in [-0.39, 0.29) is 48.9 Å². The van der Waals surface area contributed by atoms with Crippen LogP contribution in [-0.2, 0) is 59.5 Å². The summed E-state index contributed by atoms with van der Waals surface area (Å²) in [6.45, 7) is 22.8. The molecule has 0 amide bonds. The van der Waals surface area contributed by atoms with Crippen LogP contribution in [0.4, 0.5) is 0 Å². The van der Waals surface area contributed by atoms with E-state index in [0.29, 0.717) is 0 Å². The maximum Gasteiger partial charge on any atom is 0 e. The molecule has 0 unspecified atom stereocenters. The predicted molar refractivity (Wildman–Crippen MR) is 88.0 cm³/mol. The Hall–Kier alpha value is -2.61. The monoisotopic (exact) mass is 446 g/mol. The van der Waals surface area contributed by atoms with Crippen molar-refractivity contribution in [2.75, 3.05) is 13.2 Å². The topological polar surface area (TPSA) is 149 Å². The Labute approximate surface area is 180 Å². The van der Waals surface area contributed by atoms with Gasteiger partial charge in [-0.25, -0.2) is 0 Å². The van der Waals surface area contributed by atoms with Crippen LogP contribution in [0.25, 0.3) is 0 Å². The van der Waals surface area contributed by atoms with Gasteiger partial charge in [-0.15, -0.1) is 12.3 Å². The molecule has 0 aromatic heterocycles. The fraction of sp³-hybridized carbons (Fsp3) is 0.421. The molecular formula is C19H19MnO9-. The Morgan fingerprint density at radius 3 is 1.55 bits per heavy atom. The first-order valence-electron chi connectivity index (χ1n) is 7.11. The molecule has 0 saturated carbocycles. The number of hydrogen-bond donors (Lipinski definition) is 0. The van der Waals surface area contributed by atoms with Crippen molar-refractivity contribution in [2.24, 2.45) is 5.41 Å². The number of rotatable bonds is 8. The van der Waals surface area contributed by atoms with Gasteiger partial charge in [-0.2, -0.15) is 6.08 Å². The van der Waals surface area contributed by atoms with Gasteiger partial charge in [-0.3, -0.25) is 15.7 Å². The second-order valence-corrected chi connectivity index (χ2v) is 4.04. The maximum absolute atomic E-state index is 12.1. The summed E-state index contributed by atoms with van der Waals surface area (Å²) in [5.41, 5.74) is -1.65. The molecule has 0 atom stereocenters. The van der Waals surface area contributed by atoms with Gasteiger partial charge in [0, 0.05) is 23.5 Å². The molecule has 0 aliphatic heterocycles. The van der Waals surface area contributed by atoms with Crippen LogP contribution in [0.1, 0.15) is 33.6 Å². The Morgan fingerprint density at radius 1 is 0.966 bits per heavy atom. The fourth-order valence-electron chi connectivity index (χ4n) is 1.52. The summed E-state index contributed by atoms with van der Waals surface area (Å²) in [5.74, 6) is 0.515. The molecule has 9 nitrogen and oxygen atoms in total. The Morgan fingerprint density at radius 2 is 1.31 bits per heavy atom. The minimum absolute atomic E-state index is 0. The van der Waals surface area contributed by atoms with Crippen molar-refractivity contribution in [3.8, 4) is 12.3 Å². The van der Waals surface area contributed by atoms with Crippen LogP contribution < -0.4 is 0 Å². The molecule has 1 radical (unpaired) electrons. The third kappa shape index (κ3) is 19.9. The van der Waals surface area contributed by atoms with Crippen molar-refractivity contribution >= 4 is 17.7 Å². The molecule has 157 valence electrons. The first kappa shape index (κ1) is 40.9. The largest absolute Gasteiger partial charge is 0 e. The molecule has 0 aliphatic carbocycles. The van der Waals surface area contributed by atoms with Gasteiger partial charge in [-0.05, 0) is 19.6 Å². The van der Waals surface area contributed by atoms with Gasteiger partial charge in [-0.1, -0.05) is 13.3 Å². The molecule has 0 heterocycles. The fourth-order valence-corrected chi connectivity index (χ4v) is 1.52. The number of ketones is 1. The van der Waals surface area contributed by atoms with E-state index in [0.717, 1.165) is 6.08 Å². The second-order valence-electron chi connectivity index (χ2n) is 4.04. The van der Waals surface area contributed by atoms with Crippen LogP contribution in [0.2, 0.25) is 0 Å². The third-order valence-electron chi connectivity index (χ3n) is 2.45. The van der Waals surface area contributed by atoms with Crippen molar-refractivity contribution < 1.29 is 59.5 Å². The van der Waals surface area contributed by atoms with E-state index in [1.165, 1.54) is 6.92 Å². The van der Waals surface area contributed by atoms with Crippen LogP contribution in [0.3, 0.4) is 0 Å². The van der Waals surface area contributed by atoms with Crippen molar-refractivity contribution in [2.45, 2.75) is 33.6 Å². The van der Waals surface area contributed by atoms with Crippen molar-refractivity contribution in [3.63, 3.8) is 0 Å². The summed E-state index contributed by atoms with van der Waals surface area (Å²) in [6.07, 6.45) is 8.68. The first-order valence-corrected chi connectivity index (χ1v) is 7.11. The number of terminal acetylenes is 1. The molecule has 0 aromatic rings. The molecule has 0 fully saturated rings. The molecule has 0 bridgehead atoms. The number of esters is 2. The van der Waals surface area contributed by atoms with Crippen LogP contribution in [0.5, 0.6) is 0 Å². The molecule has 0 spiro atoms. The molecule has 0 aliphatic rings. The van der Waals surface area contributed by atoms with Gasteiger partial charge in [0.2, 0.25) is 0 Å². The zero-order valence-electron chi connectivity index (χ0n) is 16.0. The van der Waals surface area contributed by atoms with E-state index < -0.39 is 17.4 Å². The minimum Gasteiger partial charge on any atom is 0 e. The molecule has 10 heteroatoms. The van der Waals surface area contributed by atoms with Crippen LogP contribution >= 0.6 is 0 Å². The van der Waals surface area contributed by atoms with Crippen molar-refractivity contribution in [1.29, 1.82) is 0 Å². The van der Waals surface area contributed by atoms with E-state index >= 15 is 0 Å². The average molecular weight is 446 g/mol. The molecule has 0 saturated heterocycles. The number of hydrogen-bond acceptors (Lipinski definition) is 5. The summed E-state index contributed by atoms with van der Waals surface area (Å²) in [5, 5.41) is 0. The van der Waals surface area contributed by atoms with Crippen molar-refractivity contribution in [1.82, 2.24) is 0 Å². The quantitative estimate of drug-likeness (QED) is 0.105. The van der Waals surface area contributed by atoms with Crippen molar-refractivity contribution in [3.05, 3.63) is 38.8 Å². The van der Waals surface area contributed by atoms with Gasteiger partial charge in [0.15, 0.2) is 5.41 Å². The summed E-state index contributed by atoms with van der Waals surface area (Å²) < 4.78 is 39.8. The summed E-state index contributed by atoms with van der Waals surface area (Å²) in [4.78, 5) is 35.1. The molecule has 0 N–H and O–H groups in total. The van der Waals surface area contributed by atoms with Gasteiger partial charge in [0.05, 0.1) is 13.2 Å². The third-order valence-corrected chi connectivity index (χ3v) is 2.45. The molecular weight excluding hydrogens is 427 g/mol. The maximum atomic E-state index is 12.1. The average Bonchev–Trinajstić information content (AvgIpc) is 2.73. The SMILES string of the molecule is C#CCC(C[C-]=CC(C)=O)(C(=O)OCC)C(=O)OCC.[C-]#[O+].[C-]#[O+].[C-]#[O+].[C-]#[O+].[Mn]. The Kier molecular flexibility index (Phi) is 46.6. The summed E-state index contributed by atoms with van der Waals surface area (Å²) in [6, 6.07) is 0. The number of allylic oxidation sites excluding steroid dienone is 2. The van der Waals surface area contributed by atoms with Crippen LogP contribution in [-0.4, -0.2) is 30.9 Å². The van der Waals surface area contributed by atoms with Crippen LogP contribution in [0, 0.1) is 50.4 Å². The van der Waals surface area contributed by atoms with E-state index in [4.69, 9.17) is 34.5 Å². The van der Waals surface area contributed by atoms with E-state index in [1.807, 2.05) is 0 Å². The zero-order valence-corrected chi connectivity index (χ0v) is 17.2. The molecule has 0 rings (SSSR count). The van der Waals surface area contributed by atoms with Gasteiger partial charge in [0.1, 0.15) is 0 Å². The van der Waals surface area contributed by atoms with E-state index in [9.17, 15) is 14.4 Å². The molecule has 0 aromatic carbocycles. The van der Waals surface area contributed by atoms with E-state index in [1.54, 1.807) is 13.8 Å². The van der Waals surface area contributed by atoms with E-state index in [2.05, 4.69) is 38.6 Å². The summed E-state index contributed by atoms with van der Waals surface area (Å²) >= 11 is 0. The standard InChI is InChI=1S/C15H19O5.4CO.Mn/c1-5-10-15(13(17)19-6-2,14(18)20-7-3)11-8-9-12(4)16;4*1-2;/h1,9H,6-7,10-11H2,2-4H3;;;;;/q-1;;;;;. The zero-order chi connectivity index (χ0) is 23.6. The predicted octanol–water partition coefficient (Wildman–Crippen LogP) is 1.31. The van der Waals surface area contributed by atoms with Crippen LogP contribution in [0.15, 0.2) is 6.08 Å². The van der Waals surface area contributed by atoms with Gasteiger partial charge >= 0.3 is 57.1 Å².